The lowest BCUT2D eigenvalue weighted by molar-refractivity contribution is 0.348. The first-order valence-corrected chi connectivity index (χ1v) is 3.03. The molecular formula is C5H11N4. The average molecular weight is 127 g/mol. The van der Waals surface area contributed by atoms with E-state index in [2.05, 4.69) is 5.32 Å². The summed E-state index contributed by atoms with van der Waals surface area (Å²) in [6.45, 7) is 3.27. The van der Waals surface area contributed by atoms with E-state index in [4.69, 9.17) is 11.1 Å². The lowest BCUT2D eigenvalue weighted by Crippen LogP contribution is -2.46. The Labute approximate surface area is 54.5 Å². The zero-order valence-electron chi connectivity index (χ0n) is 5.30. The third kappa shape index (κ3) is 1.57. The van der Waals surface area contributed by atoms with Gasteiger partial charge in [-0.05, 0) is 0 Å². The van der Waals surface area contributed by atoms with Crippen LogP contribution in [-0.2, 0) is 0 Å². The van der Waals surface area contributed by atoms with Gasteiger partial charge in [0.2, 0.25) is 0 Å². The van der Waals surface area contributed by atoms with Gasteiger partial charge < -0.3 is 10.6 Å². The first-order valence-electron chi connectivity index (χ1n) is 3.03. The van der Waals surface area contributed by atoms with Crippen LogP contribution in [0.5, 0.6) is 0 Å². The summed E-state index contributed by atoms with van der Waals surface area (Å²) >= 11 is 0. The first-order chi connectivity index (χ1) is 4.30. The Morgan fingerprint density at radius 1 is 1.44 bits per heavy atom. The summed E-state index contributed by atoms with van der Waals surface area (Å²) in [6.07, 6.45) is 0. The molecule has 0 unspecified atom stereocenters. The fourth-order valence-corrected chi connectivity index (χ4v) is 0.847. The van der Waals surface area contributed by atoms with Crippen LogP contribution in [0.1, 0.15) is 0 Å². The normalized spacial score (nSPS) is 19.8. The van der Waals surface area contributed by atoms with Crippen LogP contribution in [0.4, 0.5) is 0 Å². The van der Waals surface area contributed by atoms with Crippen molar-refractivity contribution < 1.29 is 0 Å². The van der Waals surface area contributed by atoms with Gasteiger partial charge in [0.15, 0.2) is 5.96 Å². The summed E-state index contributed by atoms with van der Waals surface area (Å²) in [5, 5.41) is 11.2. The molecule has 1 aliphatic heterocycles. The number of nitrogens with zero attached hydrogens (tertiary/aromatic N) is 2. The second-order valence-corrected chi connectivity index (χ2v) is 2.04. The van der Waals surface area contributed by atoms with E-state index >= 15 is 0 Å². The van der Waals surface area contributed by atoms with Gasteiger partial charge in [-0.25, -0.2) is 5.32 Å². The molecule has 0 aromatic carbocycles. The molecule has 1 radical (unpaired) electrons. The van der Waals surface area contributed by atoms with Crippen molar-refractivity contribution in [3.8, 4) is 0 Å². The number of rotatable bonds is 0. The first kappa shape index (κ1) is 6.35. The van der Waals surface area contributed by atoms with Gasteiger partial charge in [0.05, 0.1) is 0 Å². The molecule has 0 saturated carbocycles. The second kappa shape index (κ2) is 2.68. The number of nitrogens with one attached hydrogen (secondary N) is 1. The minimum atomic E-state index is 0.171. The molecule has 1 rings (SSSR count). The number of hydrogen-bond donors (Lipinski definition) is 2. The topological polar surface area (TPSA) is 67.2 Å². The van der Waals surface area contributed by atoms with Crippen molar-refractivity contribution in [2.75, 3.05) is 26.2 Å². The number of nitrogens with two attached hydrogens (primary N) is 1. The van der Waals surface area contributed by atoms with Crippen LogP contribution in [0.2, 0.25) is 0 Å². The Bertz CT molecular complexity index is 106. The molecule has 3 N–H and O–H groups in total. The van der Waals surface area contributed by atoms with E-state index in [-0.39, 0.29) is 5.96 Å². The van der Waals surface area contributed by atoms with Crippen molar-refractivity contribution in [3.63, 3.8) is 0 Å². The number of hydrogen-bond acceptors (Lipinski definition) is 1. The van der Waals surface area contributed by atoms with Crippen molar-refractivity contribution in [3.05, 3.63) is 0 Å². The summed E-state index contributed by atoms with van der Waals surface area (Å²) in [5.74, 6) is 0.171. The van der Waals surface area contributed by atoms with Crippen molar-refractivity contribution in [1.82, 2.24) is 10.2 Å². The Morgan fingerprint density at radius 2 is 2.00 bits per heavy atom. The van der Waals surface area contributed by atoms with E-state index < -0.39 is 0 Å². The Morgan fingerprint density at radius 3 is 2.33 bits per heavy atom. The van der Waals surface area contributed by atoms with Crippen LogP contribution in [0.25, 0.3) is 0 Å². The lowest BCUT2D eigenvalue weighted by atomic mass is 10.4. The maximum Gasteiger partial charge on any atom is 0.188 e. The molecule has 0 amide bonds. The van der Waals surface area contributed by atoms with Gasteiger partial charge in [0.1, 0.15) is 0 Å². The van der Waals surface area contributed by atoms with E-state index in [1.807, 2.05) is 4.90 Å². The van der Waals surface area contributed by atoms with Crippen LogP contribution in [0.15, 0.2) is 0 Å². The fourth-order valence-electron chi connectivity index (χ4n) is 0.847. The van der Waals surface area contributed by atoms with Crippen LogP contribution in [0.3, 0.4) is 0 Å². The minimum absolute atomic E-state index is 0.171. The minimum Gasteiger partial charge on any atom is -0.370 e. The molecule has 1 saturated heterocycles. The summed E-state index contributed by atoms with van der Waals surface area (Å²) in [4.78, 5) is 1.83. The molecule has 0 bridgehead atoms. The molecule has 4 nitrogen and oxygen atoms in total. The second-order valence-electron chi connectivity index (χ2n) is 2.04. The summed E-state index contributed by atoms with van der Waals surface area (Å²) in [7, 11) is 0. The third-order valence-electron chi connectivity index (χ3n) is 1.40. The number of piperazine rings is 1. The van der Waals surface area contributed by atoms with Crippen molar-refractivity contribution >= 4 is 5.96 Å². The Kier molecular flexibility index (Phi) is 1.89. The number of guanidine groups is 1. The highest BCUT2D eigenvalue weighted by Crippen LogP contribution is 1.89. The van der Waals surface area contributed by atoms with E-state index in [9.17, 15) is 0 Å². The van der Waals surface area contributed by atoms with Gasteiger partial charge in [-0.1, -0.05) is 0 Å². The van der Waals surface area contributed by atoms with Crippen molar-refractivity contribution in [2.45, 2.75) is 0 Å². The summed E-state index contributed by atoms with van der Waals surface area (Å²) < 4.78 is 0. The molecule has 0 atom stereocenters. The quantitative estimate of drug-likeness (QED) is 0.317. The molecule has 51 valence electrons. The highest BCUT2D eigenvalue weighted by molar-refractivity contribution is 5.74. The maximum atomic E-state index is 7.05. The molecular weight excluding hydrogens is 116 g/mol. The van der Waals surface area contributed by atoms with Gasteiger partial charge in [-0.3, -0.25) is 5.41 Å². The van der Waals surface area contributed by atoms with Crippen molar-refractivity contribution in [1.29, 1.82) is 5.41 Å². The molecule has 0 aromatic heterocycles. The van der Waals surface area contributed by atoms with E-state index in [1.165, 1.54) is 0 Å². The molecule has 9 heavy (non-hydrogen) atoms. The van der Waals surface area contributed by atoms with Crippen LogP contribution < -0.4 is 11.1 Å². The summed E-state index contributed by atoms with van der Waals surface area (Å²) in [6, 6.07) is 0. The van der Waals surface area contributed by atoms with E-state index in [0.29, 0.717) is 0 Å². The maximum absolute atomic E-state index is 7.05. The predicted molar refractivity (Wildman–Crippen MR) is 35.4 cm³/mol. The monoisotopic (exact) mass is 127 g/mol. The standard InChI is InChI=1S/C5H11N4/c6-5(7)9-3-1-8-2-4-9/h1-4H2,(H3,6,7). The molecule has 0 aliphatic carbocycles. The van der Waals surface area contributed by atoms with Crippen LogP contribution >= 0.6 is 0 Å². The van der Waals surface area contributed by atoms with Crippen molar-refractivity contribution in [2.24, 2.45) is 5.73 Å². The molecule has 1 fully saturated rings. The zero-order chi connectivity index (χ0) is 6.69. The Hall–Kier alpha value is -0.770. The Balaban J connectivity index is 2.31. The zero-order valence-corrected chi connectivity index (χ0v) is 5.30. The third-order valence-corrected chi connectivity index (χ3v) is 1.40. The van der Waals surface area contributed by atoms with Gasteiger partial charge in [0, 0.05) is 26.2 Å². The van der Waals surface area contributed by atoms with Gasteiger partial charge in [0.25, 0.3) is 0 Å². The van der Waals surface area contributed by atoms with Gasteiger partial charge in [-0.2, -0.15) is 0 Å². The lowest BCUT2D eigenvalue weighted by Gasteiger charge is -2.26. The highest BCUT2D eigenvalue weighted by atomic mass is 15.3. The molecule has 1 aliphatic rings. The summed E-state index contributed by atoms with van der Waals surface area (Å²) in [5.41, 5.74) is 5.23. The molecule has 0 spiro atoms. The van der Waals surface area contributed by atoms with E-state index in [0.717, 1.165) is 26.2 Å². The largest absolute Gasteiger partial charge is 0.370 e. The molecule has 0 aromatic rings. The molecule has 4 heteroatoms. The highest BCUT2D eigenvalue weighted by Gasteiger charge is 2.09. The van der Waals surface area contributed by atoms with Crippen LogP contribution in [0, 0.1) is 5.41 Å². The van der Waals surface area contributed by atoms with Gasteiger partial charge in [-0.15, -0.1) is 0 Å². The van der Waals surface area contributed by atoms with Crippen LogP contribution in [-0.4, -0.2) is 37.0 Å². The SMILES string of the molecule is N=C(N)N1CC[N]CC1. The van der Waals surface area contributed by atoms with Gasteiger partial charge >= 0.3 is 0 Å². The molecule has 1 heterocycles. The fraction of sp³-hybridized carbons (Fsp3) is 0.800. The smallest absolute Gasteiger partial charge is 0.188 e. The van der Waals surface area contributed by atoms with E-state index in [1.54, 1.807) is 0 Å². The predicted octanol–water partition coefficient (Wildman–Crippen LogP) is -1.20. The average Bonchev–Trinajstić information content (AvgIpc) is 1.90.